The molecule has 0 radical (unpaired) electrons. The van der Waals surface area contributed by atoms with Crippen molar-refractivity contribution in [2.24, 2.45) is 5.92 Å². The lowest BCUT2D eigenvalue weighted by Gasteiger charge is -2.12. The fraction of sp³-hybridized carbons (Fsp3) is 0.455. The predicted octanol–water partition coefficient (Wildman–Crippen LogP) is 2.52. The molecular weight excluding hydrogens is 292 g/mol. The molecule has 1 unspecified atom stereocenters. The molecule has 0 aliphatic heterocycles. The van der Waals surface area contributed by atoms with E-state index in [9.17, 15) is 18.5 Å². The molecule has 1 atom stereocenters. The third-order valence-corrected chi connectivity index (χ3v) is 4.53. The molecule has 0 aromatic heterocycles. The Morgan fingerprint density at radius 2 is 2.11 bits per heavy atom. The first-order valence-corrected chi connectivity index (χ1v) is 7.75. The van der Waals surface area contributed by atoms with Crippen molar-refractivity contribution in [3.63, 3.8) is 0 Å². The zero-order chi connectivity index (χ0) is 14.6. The van der Waals surface area contributed by atoms with E-state index < -0.39 is 14.9 Å². The number of rotatable bonds is 6. The van der Waals surface area contributed by atoms with Crippen molar-refractivity contribution in [3.05, 3.63) is 33.9 Å². The highest BCUT2D eigenvalue weighted by molar-refractivity contribution is 7.92. The van der Waals surface area contributed by atoms with Gasteiger partial charge in [0, 0.05) is 18.0 Å². The number of halogens is 1. The highest BCUT2D eigenvalue weighted by atomic mass is 35.5. The number of aryl methyl sites for hydroxylation is 1. The molecule has 1 aromatic carbocycles. The van der Waals surface area contributed by atoms with E-state index in [1.54, 1.807) is 13.8 Å². The monoisotopic (exact) mass is 306 g/mol. The van der Waals surface area contributed by atoms with E-state index in [2.05, 4.69) is 4.72 Å². The summed E-state index contributed by atoms with van der Waals surface area (Å²) in [7, 11) is -3.57. The van der Waals surface area contributed by atoms with Crippen molar-refractivity contribution in [2.75, 3.05) is 16.4 Å². The molecule has 0 amide bonds. The van der Waals surface area contributed by atoms with Crippen LogP contribution >= 0.6 is 11.6 Å². The van der Waals surface area contributed by atoms with Crippen molar-refractivity contribution in [1.82, 2.24) is 0 Å². The summed E-state index contributed by atoms with van der Waals surface area (Å²) in [4.78, 5) is 10.1. The fourth-order valence-corrected chi connectivity index (χ4v) is 3.21. The number of nitro groups is 1. The van der Waals surface area contributed by atoms with Gasteiger partial charge in [-0.1, -0.05) is 13.0 Å². The number of nitro benzene ring substituents is 1. The van der Waals surface area contributed by atoms with E-state index in [1.165, 1.54) is 18.2 Å². The second kappa shape index (κ2) is 6.21. The molecule has 0 saturated carbocycles. The molecule has 1 rings (SSSR count). The number of hydrogen-bond donors (Lipinski definition) is 1. The minimum absolute atomic E-state index is 0.126. The number of nitrogens with one attached hydrogen (secondary N) is 1. The fourth-order valence-electron chi connectivity index (χ4n) is 1.46. The zero-order valence-electron chi connectivity index (χ0n) is 10.6. The molecule has 0 saturated heterocycles. The lowest BCUT2D eigenvalue weighted by atomic mass is 10.2. The van der Waals surface area contributed by atoms with Gasteiger partial charge in [0.15, 0.2) is 0 Å². The molecule has 0 aliphatic carbocycles. The number of hydrogen-bond acceptors (Lipinski definition) is 4. The van der Waals surface area contributed by atoms with E-state index in [1.807, 2.05) is 0 Å². The molecule has 0 fully saturated rings. The van der Waals surface area contributed by atoms with Gasteiger partial charge in [-0.3, -0.25) is 14.8 Å². The van der Waals surface area contributed by atoms with Crippen LogP contribution < -0.4 is 4.72 Å². The summed E-state index contributed by atoms with van der Waals surface area (Å²) >= 11 is 5.58. The zero-order valence-corrected chi connectivity index (χ0v) is 12.2. The van der Waals surface area contributed by atoms with Crippen LogP contribution in [-0.4, -0.2) is 25.0 Å². The number of alkyl halides is 1. The highest BCUT2D eigenvalue weighted by Crippen LogP contribution is 2.23. The van der Waals surface area contributed by atoms with E-state index in [0.29, 0.717) is 5.56 Å². The van der Waals surface area contributed by atoms with Crippen LogP contribution in [0.4, 0.5) is 11.4 Å². The Bertz CT molecular complexity index is 574. The van der Waals surface area contributed by atoms with Gasteiger partial charge in [0.1, 0.15) is 0 Å². The number of nitrogens with zero attached hydrogens (tertiary/aromatic N) is 1. The third-order valence-electron chi connectivity index (χ3n) is 2.46. The maximum atomic E-state index is 11.9. The topological polar surface area (TPSA) is 89.3 Å². The van der Waals surface area contributed by atoms with Gasteiger partial charge in [0.25, 0.3) is 5.69 Å². The van der Waals surface area contributed by atoms with Crippen LogP contribution in [0.15, 0.2) is 18.2 Å². The second-order valence-corrected chi connectivity index (χ2v) is 6.47. The lowest BCUT2D eigenvalue weighted by molar-refractivity contribution is -0.384. The summed E-state index contributed by atoms with van der Waals surface area (Å²) < 4.78 is 26.1. The summed E-state index contributed by atoms with van der Waals surface area (Å²) in [5, 5.41) is 10.7. The average molecular weight is 307 g/mol. The van der Waals surface area contributed by atoms with Crippen LogP contribution in [0.2, 0.25) is 0 Å². The number of benzene rings is 1. The van der Waals surface area contributed by atoms with Crippen LogP contribution in [0.3, 0.4) is 0 Å². The van der Waals surface area contributed by atoms with Crippen molar-refractivity contribution in [2.45, 2.75) is 13.8 Å². The number of anilines is 1. The van der Waals surface area contributed by atoms with E-state index in [4.69, 9.17) is 11.6 Å². The van der Waals surface area contributed by atoms with E-state index in [0.717, 1.165) is 0 Å². The summed E-state index contributed by atoms with van der Waals surface area (Å²) in [5.41, 5.74) is 0.678. The van der Waals surface area contributed by atoms with Gasteiger partial charge < -0.3 is 0 Å². The maximum Gasteiger partial charge on any atom is 0.271 e. The molecule has 1 N–H and O–H groups in total. The Balaban J connectivity index is 2.98. The molecule has 0 spiro atoms. The molecule has 6 nitrogen and oxygen atoms in total. The SMILES string of the molecule is Cc1ccc([N+](=O)[O-])cc1NS(=O)(=O)CC(C)CCl. The predicted molar refractivity (Wildman–Crippen MR) is 75.1 cm³/mol. The Labute approximate surface area is 117 Å². The van der Waals surface area contributed by atoms with Gasteiger partial charge in [-0.05, 0) is 18.4 Å². The van der Waals surface area contributed by atoms with Crippen molar-refractivity contribution in [3.8, 4) is 0 Å². The van der Waals surface area contributed by atoms with Gasteiger partial charge in [-0.25, -0.2) is 8.42 Å². The van der Waals surface area contributed by atoms with E-state index >= 15 is 0 Å². The third kappa shape index (κ3) is 4.68. The van der Waals surface area contributed by atoms with Crippen molar-refractivity contribution >= 4 is 33.0 Å². The van der Waals surface area contributed by atoms with Crippen LogP contribution in [0.25, 0.3) is 0 Å². The Kier molecular flexibility index (Phi) is 5.13. The molecular formula is C11H15ClN2O4S. The molecule has 19 heavy (non-hydrogen) atoms. The van der Waals surface area contributed by atoms with Crippen molar-refractivity contribution < 1.29 is 13.3 Å². The van der Waals surface area contributed by atoms with Crippen LogP contribution in [0, 0.1) is 23.0 Å². The first-order valence-electron chi connectivity index (χ1n) is 5.56. The van der Waals surface area contributed by atoms with Crippen LogP contribution in [0.5, 0.6) is 0 Å². The average Bonchev–Trinajstić information content (AvgIpc) is 2.30. The molecule has 0 aliphatic rings. The van der Waals surface area contributed by atoms with E-state index in [-0.39, 0.29) is 28.9 Å². The van der Waals surface area contributed by atoms with Gasteiger partial charge >= 0.3 is 0 Å². The second-order valence-electron chi connectivity index (χ2n) is 4.40. The maximum absolute atomic E-state index is 11.9. The molecule has 1 aromatic rings. The summed E-state index contributed by atoms with van der Waals surface area (Å²) in [6.07, 6.45) is 0. The first-order chi connectivity index (χ1) is 8.75. The van der Waals surface area contributed by atoms with Gasteiger partial charge in [0.2, 0.25) is 10.0 Å². The summed E-state index contributed by atoms with van der Waals surface area (Å²) in [6, 6.07) is 4.04. The van der Waals surface area contributed by atoms with Gasteiger partial charge in [0.05, 0.1) is 16.4 Å². The van der Waals surface area contributed by atoms with Gasteiger partial charge in [-0.2, -0.15) is 0 Å². The molecule has 0 heterocycles. The smallest absolute Gasteiger partial charge is 0.271 e. The molecule has 8 heteroatoms. The standard InChI is InChI=1S/C11H15ClN2O4S/c1-8(6-12)7-19(17,18)13-11-5-10(14(15)16)4-3-9(11)2/h3-5,8,13H,6-7H2,1-2H3. The summed E-state index contributed by atoms with van der Waals surface area (Å²) in [6.45, 7) is 3.39. The lowest BCUT2D eigenvalue weighted by Crippen LogP contribution is -2.22. The minimum atomic E-state index is -3.57. The highest BCUT2D eigenvalue weighted by Gasteiger charge is 2.17. The Morgan fingerprint density at radius 1 is 1.47 bits per heavy atom. The molecule has 106 valence electrons. The van der Waals surface area contributed by atoms with Crippen LogP contribution in [-0.2, 0) is 10.0 Å². The number of non-ortho nitro benzene ring substituents is 1. The molecule has 0 bridgehead atoms. The largest absolute Gasteiger partial charge is 0.283 e. The van der Waals surface area contributed by atoms with Crippen molar-refractivity contribution in [1.29, 1.82) is 0 Å². The van der Waals surface area contributed by atoms with Gasteiger partial charge in [-0.15, -0.1) is 11.6 Å². The first kappa shape index (κ1) is 15.7. The normalized spacial score (nSPS) is 13.0. The Hall–Kier alpha value is -1.34. The van der Waals surface area contributed by atoms with Crippen LogP contribution in [0.1, 0.15) is 12.5 Å². The minimum Gasteiger partial charge on any atom is -0.283 e. The Morgan fingerprint density at radius 3 is 2.63 bits per heavy atom. The number of sulfonamides is 1. The summed E-state index contributed by atoms with van der Waals surface area (Å²) in [5.74, 6) is -0.0915. The quantitative estimate of drug-likeness (QED) is 0.497.